The molecular formula is C19H20ClN3O4. The molecule has 1 N–H and O–H groups in total. The van der Waals surface area contributed by atoms with E-state index in [9.17, 15) is 9.59 Å². The largest absolute Gasteiger partial charge is 0.481 e. The quantitative estimate of drug-likeness (QED) is 0.844. The van der Waals surface area contributed by atoms with Crippen LogP contribution in [0.1, 0.15) is 31.6 Å². The van der Waals surface area contributed by atoms with Gasteiger partial charge in [0.25, 0.3) is 0 Å². The number of rotatable bonds is 5. The lowest BCUT2D eigenvalue weighted by Gasteiger charge is -2.32. The van der Waals surface area contributed by atoms with E-state index in [0.29, 0.717) is 42.7 Å². The van der Waals surface area contributed by atoms with Gasteiger partial charge in [0.1, 0.15) is 0 Å². The molecule has 1 aromatic carbocycles. The number of carbonyl (C=O) groups is 2. The van der Waals surface area contributed by atoms with Gasteiger partial charge in [-0.1, -0.05) is 16.8 Å². The van der Waals surface area contributed by atoms with Crippen molar-refractivity contribution < 1.29 is 19.2 Å². The molecule has 7 nitrogen and oxygen atoms in total. The Labute approximate surface area is 161 Å². The first-order chi connectivity index (χ1) is 13.0. The van der Waals surface area contributed by atoms with E-state index >= 15 is 0 Å². The van der Waals surface area contributed by atoms with Crippen molar-refractivity contribution in [3.63, 3.8) is 0 Å². The van der Waals surface area contributed by atoms with Crippen molar-refractivity contribution in [1.82, 2.24) is 15.0 Å². The van der Waals surface area contributed by atoms with Crippen molar-refractivity contribution >= 4 is 23.5 Å². The van der Waals surface area contributed by atoms with Crippen molar-refractivity contribution in [3.8, 4) is 11.4 Å². The van der Waals surface area contributed by atoms with E-state index in [4.69, 9.17) is 21.2 Å². The average Bonchev–Trinajstić information content (AvgIpc) is 3.16. The number of hydrogen-bond donors (Lipinski definition) is 1. The number of carbonyl (C=O) groups excluding carboxylic acids is 1. The van der Waals surface area contributed by atoms with Crippen LogP contribution >= 0.6 is 11.6 Å². The molecule has 4 rings (SSSR count). The molecule has 2 aromatic rings. The molecule has 1 atom stereocenters. The lowest BCUT2D eigenvalue weighted by Crippen LogP contribution is -2.40. The van der Waals surface area contributed by atoms with Gasteiger partial charge >= 0.3 is 5.97 Å². The Bertz CT molecular complexity index is 856. The summed E-state index contributed by atoms with van der Waals surface area (Å²) in [6.07, 6.45) is 2.99. The van der Waals surface area contributed by atoms with Crippen LogP contribution in [0.2, 0.25) is 5.02 Å². The Hall–Kier alpha value is -2.41. The van der Waals surface area contributed by atoms with E-state index in [1.54, 1.807) is 12.1 Å². The molecule has 1 saturated heterocycles. The highest BCUT2D eigenvalue weighted by Crippen LogP contribution is 2.59. The van der Waals surface area contributed by atoms with E-state index in [1.807, 2.05) is 17.0 Å². The third-order valence-electron chi connectivity index (χ3n) is 5.72. The van der Waals surface area contributed by atoms with Gasteiger partial charge < -0.3 is 14.5 Å². The van der Waals surface area contributed by atoms with Crippen LogP contribution in [0, 0.1) is 11.3 Å². The van der Waals surface area contributed by atoms with E-state index in [1.165, 1.54) is 0 Å². The second-order valence-electron chi connectivity index (χ2n) is 7.36. The summed E-state index contributed by atoms with van der Waals surface area (Å²) in [4.78, 5) is 29.7. The first-order valence-corrected chi connectivity index (χ1v) is 9.44. The Kier molecular flexibility index (Phi) is 4.63. The van der Waals surface area contributed by atoms with Crippen molar-refractivity contribution in [2.45, 2.75) is 32.1 Å². The molecule has 2 heterocycles. The fraction of sp³-hybridized carbons (Fsp3) is 0.474. The molecular weight excluding hydrogens is 370 g/mol. The second-order valence-corrected chi connectivity index (χ2v) is 7.79. The van der Waals surface area contributed by atoms with Crippen molar-refractivity contribution in [2.24, 2.45) is 11.3 Å². The van der Waals surface area contributed by atoms with E-state index in [0.717, 1.165) is 24.8 Å². The van der Waals surface area contributed by atoms with Crippen LogP contribution < -0.4 is 0 Å². The molecule has 1 amide bonds. The zero-order valence-electron chi connectivity index (χ0n) is 14.7. The Morgan fingerprint density at radius 3 is 2.59 bits per heavy atom. The minimum Gasteiger partial charge on any atom is -0.481 e. The van der Waals surface area contributed by atoms with Gasteiger partial charge in [-0.3, -0.25) is 9.59 Å². The number of benzene rings is 1. The third-order valence-corrected chi connectivity index (χ3v) is 5.97. The van der Waals surface area contributed by atoms with Crippen molar-refractivity contribution in [2.75, 3.05) is 13.1 Å². The van der Waals surface area contributed by atoms with Gasteiger partial charge in [-0.05, 0) is 48.9 Å². The number of aryl methyl sites for hydroxylation is 1. The summed E-state index contributed by atoms with van der Waals surface area (Å²) in [5.41, 5.74) is 0.738. The maximum atomic E-state index is 12.4. The molecule has 2 aliphatic rings. The third kappa shape index (κ3) is 3.69. The number of hydrogen-bond acceptors (Lipinski definition) is 5. The highest BCUT2D eigenvalue weighted by atomic mass is 35.5. The summed E-state index contributed by atoms with van der Waals surface area (Å²) >= 11 is 5.87. The van der Waals surface area contributed by atoms with Crippen LogP contribution in [0.5, 0.6) is 0 Å². The fourth-order valence-electron chi connectivity index (χ4n) is 3.90. The van der Waals surface area contributed by atoms with Gasteiger partial charge in [0.15, 0.2) is 0 Å². The molecule has 0 bridgehead atoms. The number of nitrogens with zero attached hydrogens (tertiary/aromatic N) is 3. The summed E-state index contributed by atoms with van der Waals surface area (Å²) < 4.78 is 5.24. The summed E-state index contributed by atoms with van der Waals surface area (Å²) in [7, 11) is 0. The molecule has 27 heavy (non-hydrogen) atoms. The lowest BCUT2D eigenvalue weighted by molar-refractivity contribution is -0.139. The number of aliphatic carboxylic acids is 1. The SMILES string of the molecule is O=C(O)C1CC12CCN(C(=O)CCc1nc(-c3ccc(Cl)cc3)no1)CC2. The van der Waals surface area contributed by atoms with E-state index in [2.05, 4.69) is 10.1 Å². The monoisotopic (exact) mass is 389 g/mol. The summed E-state index contributed by atoms with van der Waals surface area (Å²) in [5, 5.41) is 13.7. The number of carboxylic acid groups (broad SMARTS) is 1. The van der Waals surface area contributed by atoms with Crippen LogP contribution in [0.4, 0.5) is 0 Å². The molecule has 8 heteroatoms. The minimum atomic E-state index is -0.706. The van der Waals surface area contributed by atoms with Crippen LogP contribution in [0.15, 0.2) is 28.8 Å². The van der Waals surface area contributed by atoms with Gasteiger partial charge in [0, 0.05) is 36.5 Å². The second kappa shape index (κ2) is 6.96. The predicted molar refractivity (Wildman–Crippen MR) is 97.1 cm³/mol. The molecule has 0 radical (unpaired) electrons. The fourth-order valence-corrected chi connectivity index (χ4v) is 4.02. The molecule has 1 aromatic heterocycles. The van der Waals surface area contributed by atoms with Crippen LogP contribution in [-0.4, -0.2) is 45.1 Å². The van der Waals surface area contributed by atoms with E-state index < -0.39 is 5.97 Å². The van der Waals surface area contributed by atoms with Gasteiger partial charge in [-0.25, -0.2) is 0 Å². The highest BCUT2D eigenvalue weighted by molar-refractivity contribution is 6.30. The number of halogens is 1. The molecule has 1 unspecified atom stereocenters. The minimum absolute atomic E-state index is 0.0450. The predicted octanol–water partition coefficient (Wildman–Crippen LogP) is 3.04. The first-order valence-electron chi connectivity index (χ1n) is 9.06. The van der Waals surface area contributed by atoms with Crippen LogP contribution in [0.25, 0.3) is 11.4 Å². The number of amides is 1. The normalized spacial score (nSPS) is 20.6. The van der Waals surface area contributed by atoms with Gasteiger partial charge in [-0.15, -0.1) is 0 Å². The number of carboxylic acids is 1. The Balaban J connectivity index is 1.28. The number of aromatic nitrogens is 2. The van der Waals surface area contributed by atoms with Crippen LogP contribution in [0.3, 0.4) is 0 Å². The van der Waals surface area contributed by atoms with Gasteiger partial charge in [-0.2, -0.15) is 4.98 Å². The first kappa shape index (κ1) is 18.0. The van der Waals surface area contributed by atoms with Crippen LogP contribution in [-0.2, 0) is 16.0 Å². The summed E-state index contributed by atoms with van der Waals surface area (Å²) in [6, 6.07) is 7.14. The molecule has 1 saturated carbocycles. The Morgan fingerprint density at radius 1 is 1.26 bits per heavy atom. The molecule has 142 valence electrons. The molecule has 1 aliphatic carbocycles. The number of likely N-dealkylation sites (tertiary alicyclic amines) is 1. The Morgan fingerprint density at radius 2 is 1.96 bits per heavy atom. The highest BCUT2D eigenvalue weighted by Gasteiger charge is 2.59. The van der Waals surface area contributed by atoms with Gasteiger partial charge in [0.05, 0.1) is 5.92 Å². The molecule has 1 aliphatic heterocycles. The number of piperidine rings is 1. The smallest absolute Gasteiger partial charge is 0.307 e. The van der Waals surface area contributed by atoms with Crippen molar-refractivity contribution in [1.29, 1.82) is 0 Å². The zero-order valence-corrected chi connectivity index (χ0v) is 15.5. The lowest BCUT2D eigenvalue weighted by atomic mass is 9.90. The average molecular weight is 390 g/mol. The maximum absolute atomic E-state index is 12.4. The molecule has 2 fully saturated rings. The van der Waals surface area contributed by atoms with Crippen molar-refractivity contribution in [3.05, 3.63) is 35.2 Å². The maximum Gasteiger partial charge on any atom is 0.307 e. The standard InChI is InChI=1S/C19H20ClN3O4/c20-13-3-1-12(2-4-13)17-21-15(27-22-17)5-6-16(24)23-9-7-19(8-10-23)11-14(19)18(25)26/h1-4,14H,5-11H2,(H,25,26). The molecule has 1 spiro atoms. The summed E-state index contributed by atoms with van der Waals surface area (Å²) in [5.74, 6) is 0.0168. The summed E-state index contributed by atoms with van der Waals surface area (Å²) in [6.45, 7) is 1.25. The zero-order chi connectivity index (χ0) is 19.0. The topological polar surface area (TPSA) is 96.5 Å². The van der Waals surface area contributed by atoms with E-state index in [-0.39, 0.29) is 17.2 Å². The van der Waals surface area contributed by atoms with Gasteiger partial charge in [0.2, 0.25) is 17.6 Å².